The molecule has 1 aliphatic carbocycles. The number of hydrogen-bond acceptors (Lipinski definition) is 2. The Morgan fingerprint density at radius 3 is 2.68 bits per heavy atom. The van der Waals surface area contributed by atoms with Crippen LogP contribution in [0.1, 0.15) is 50.7 Å². The number of carbonyl (C=O) groups is 1. The van der Waals surface area contributed by atoms with Gasteiger partial charge in [-0.2, -0.15) is 0 Å². The van der Waals surface area contributed by atoms with Gasteiger partial charge in [0.2, 0.25) is 0 Å². The summed E-state index contributed by atoms with van der Waals surface area (Å²) in [5, 5.41) is 2.13. The number of Topliss-reactive ketones (excluding diaryl/α,β-unsaturated/α-hetero) is 1. The Kier molecular flexibility index (Phi) is 3.28. The molecule has 1 unspecified atom stereocenters. The van der Waals surface area contributed by atoms with Crippen LogP contribution in [0.15, 0.2) is 29.6 Å². The van der Waals surface area contributed by atoms with Crippen molar-refractivity contribution in [1.82, 2.24) is 0 Å². The van der Waals surface area contributed by atoms with Gasteiger partial charge in [0.25, 0.3) is 0 Å². The molecule has 0 spiro atoms. The van der Waals surface area contributed by atoms with Crippen molar-refractivity contribution in [2.75, 3.05) is 0 Å². The van der Waals surface area contributed by atoms with Gasteiger partial charge in [-0.1, -0.05) is 18.2 Å². The Hall–Kier alpha value is -1.41. The lowest BCUT2D eigenvalue weighted by Gasteiger charge is -2.23. The number of hydrogen-bond donors (Lipinski definition) is 0. The minimum atomic E-state index is 0.0785. The zero-order valence-electron chi connectivity index (χ0n) is 11.4. The Morgan fingerprint density at radius 2 is 1.95 bits per heavy atom. The molecule has 1 nitrogen and oxygen atoms in total. The molecule has 1 aromatic carbocycles. The van der Waals surface area contributed by atoms with Gasteiger partial charge in [0, 0.05) is 16.4 Å². The highest BCUT2D eigenvalue weighted by Crippen LogP contribution is 2.37. The summed E-state index contributed by atoms with van der Waals surface area (Å²) in [7, 11) is 0. The normalized spacial score (nSPS) is 18.1. The van der Waals surface area contributed by atoms with Crippen LogP contribution in [0, 0.1) is 13.8 Å². The first-order valence-electron chi connectivity index (χ1n) is 6.85. The van der Waals surface area contributed by atoms with Gasteiger partial charge in [0.05, 0.1) is 0 Å². The second-order valence-corrected chi connectivity index (χ2v) is 6.38. The molecule has 0 N–H and O–H groups in total. The fourth-order valence-electron chi connectivity index (χ4n) is 3.14. The fourth-order valence-corrected chi connectivity index (χ4v) is 4.12. The minimum Gasteiger partial charge on any atom is -0.293 e. The predicted octanol–water partition coefficient (Wildman–Crippen LogP) is 4.67. The van der Waals surface area contributed by atoms with Gasteiger partial charge in [0.15, 0.2) is 5.78 Å². The van der Waals surface area contributed by atoms with Crippen LogP contribution in [0.2, 0.25) is 0 Å². The van der Waals surface area contributed by atoms with Crippen molar-refractivity contribution in [3.8, 4) is 0 Å². The number of carbonyl (C=O) groups excluding carboxylic acids is 1. The first-order valence-corrected chi connectivity index (χ1v) is 7.73. The lowest BCUT2D eigenvalue weighted by molar-refractivity contribution is 0.0950. The summed E-state index contributed by atoms with van der Waals surface area (Å²) in [6, 6.07) is 8.25. The summed E-state index contributed by atoms with van der Waals surface area (Å²) < 4.78 is 0. The van der Waals surface area contributed by atoms with E-state index in [-0.39, 0.29) is 5.92 Å². The predicted molar refractivity (Wildman–Crippen MR) is 80.2 cm³/mol. The average molecular weight is 270 g/mol. The molecule has 19 heavy (non-hydrogen) atoms. The number of thiophene rings is 1. The maximum absolute atomic E-state index is 12.9. The number of ketones is 1. The monoisotopic (exact) mass is 270 g/mol. The molecule has 3 rings (SSSR count). The van der Waals surface area contributed by atoms with E-state index < -0.39 is 0 Å². The van der Waals surface area contributed by atoms with Crippen LogP contribution in [0.3, 0.4) is 0 Å². The van der Waals surface area contributed by atoms with E-state index >= 15 is 0 Å². The molecule has 2 heteroatoms. The number of aryl methyl sites for hydroxylation is 3. The molecule has 0 amide bonds. The van der Waals surface area contributed by atoms with E-state index in [2.05, 4.69) is 11.4 Å². The van der Waals surface area contributed by atoms with Crippen molar-refractivity contribution >= 4 is 17.1 Å². The van der Waals surface area contributed by atoms with Crippen molar-refractivity contribution < 1.29 is 4.79 Å². The molecule has 0 radical (unpaired) electrons. The van der Waals surface area contributed by atoms with Gasteiger partial charge in [-0.25, -0.2) is 0 Å². The van der Waals surface area contributed by atoms with Crippen LogP contribution in [0.25, 0.3) is 0 Å². The summed E-state index contributed by atoms with van der Waals surface area (Å²) in [6.07, 6.45) is 3.27. The third-order valence-electron chi connectivity index (χ3n) is 4.10. The van der Waals surface area contributed by atoms with Crippen molar-refractivity contribution in [2.24, 2.45) is 0 Å². The smallest absolute Gasteiger partial charge is 0.170 e. The van der Waals surface area contributed by atoms with E-state index in [9.17, 15) is 4.79 Å². The van der Waals surface area contributed by atoms with Gasteiger partial charge in [-0.05, 0) is 61.2 Å². The van der Waals surface area contributed by atoms with Crippen molar-refractivity contribution in [1.29, 1.82) is 0 Å². The Morgan fingerprint density at radius 1 is 1.21 bits per heavy atom. The van der Waals surface area contributed by atoms with E-state index in [1.807, 2.05) is 32.0 Å². The summed E-state index contributed by atoms with van der Waals surface area (Å²) in [5.41, 5.74) is 4.43. The van der Waals surface area contributed by atoms with Crippen molar-refractivity contribution in [2.45, 2.75) is 39.0 Å². The molecule has 98 valence electrons. The van der Waals surface area contributed by atoms with Gasteiger partial charge >= 0.3 is 0 Å². The second-order valence-electron chi connectivity index (χ2n) is 5.37. The van der Waals surface area contributed by atoms with E-state index in [0.29, 0.717) is 5.78 Å². The molecule has 0 saturated carbocycles. The first-order chi connectivity index (χ1) is 9.18. The molecule has 1 aliphatic rings. The van der Waals surface area contributed by atoms with Gasteiger partial charge < -0.3 is 0 Å². The standard InChI is InChI=1S/C17H18OS/c1-11-5-3-6-12(2)16(11)17(18)14-7-4-8-15-13(14)9-10-19-15/h3,5-6,9-10,14H,4,7-8H2,1-2H3. The number of fused-ring (bicyclic) bond motifs is 1. The van der Waals surface area contributed by atoms with Crippen molar-refractivity contribution in [3.05, 3.63) is 56.8 Å². The van der Waals surface area contributed by atoms with Gasteiger partial charge in [-0.15, -0.1) is 11.3 Å². The maximum atomic E-state index is 12.9. The largest absolute Gasteiger partial charge is 0.293 e. The molecule has 0 aliphatic heterocycles. The molecule has 1 aromatic heterocycles. The fraction of sp³-hybridized carbons (Fsp3) is 0.353. The third kappa shape index (κ3) is 2.14. The zero-order valence-corrected chi connectivity index (χ0v) is 12.2. The molecule has 1 heterocycles. The molecule has 0 bridgehead atoms. The van der Waals surface area contributed by atoms with Crippen LogP contribution >= 0.6 is 11.3 Å². The SMILES string of the molecule is Cc1cccc(C)c1C(=O)C1CCCc2sccc21. The van der Waals surface area contributed by atoms with Crippen LogP contribution in [0.5, 0.6) is 0 Å². The van der Waals surface area contributed by atoms with Gasteiger partial charge in [0.1, 0.15) is 0 Å². The highest BCUT2D eigenvalue weighted by molar-refractivity contribution is 7.10. The highest BCUT2D eigenvalue weighted by atomic mass is 32.1. The lowest BCUT2D eigenvalue weighted by Crippen LogP contribution is -2.19. The highest BCUT2D eigenvalue weighted by Gasteiger charge is 2.29. The van der Waals surface area contributed by atoms with Crippen LogP contribution in [-0.2, 0) is 6.42 Å². The van der Waals surface area contributed by atoms with Crippen molar-refractivity contribution in [3.63, 3.8) is 0 Å². The third-order valence-corrected chi connectivity index (χ3v) is 5.09. The second kappa shape index (κ2) is 4.93. The van der Waals surface area contributed by atoms with Crippen LogP contribution in [0.4, 0.5) is 0 Å². The molecule has 2 aromatic rings. The number of benzene rings is 1. The quantitative estimate of drug-likeness (QED) is 0.725. The molecular formula is C17H18OS. The molecule has 0 saturated heterocycles. The molecule has 1 atom stereocenters. The van der Waals surface area contributed by atoms with E-state index in [1.165, 1.54) is 10.4 Å². The zero-order chi connectivity index (χ0) is 13.4. The minimum absolute atomic E-state index is 0.0785. The molecule has 0 fully saturated rings. The summed E-state index contributed by atoms with van der Waals surface area (Å²) in [4.78, 5) is 14.3. The molecular weight excluding hydrogens is 252 g/mol. The van der Waals surface area contributed by atoms with Crippen LogP contribution in [-0.4, -0.2) is 5.78 Å². The Labute approximate surface area is 118 Å². The van der Waals surface area contributed by atoms with E-state index in [1.54, 1.807) is 11.3 Å². The lowest BCUT2D eigenvalue weighted by atomic mass is 9.80. The van der Waals surface area contributed by atoms with Gasteiger partial charge in [-0.3, -0.25) is 4.79 Å². The van der Waals surface area contributed by atoms with E-state index in [0.717, 1.165) is 36.0 Å². The maximum Gasteiger partial charge on any atom is 0.170 e. The topological polar surface area (TPSA) is 17.1 Å². The number of rotatable bonds is 2. The average Bonchev–Trinajstić information content (AvgIpc) is 2.86. The summed E-state index contributed by atoms with van der Waals surface area (Å²) in [5.74, 6) is 0.393. The van der Waals surface area contributed by atoms with Crippen LogP contribution < -0.4 is 0 Å². The summed E-state index contributed by atoms with van der Waals surface area (Å²) >= 11 is 1.80. The first kappa shape index (κ1) is 12.6. The van der Waals surface area contributed by atoms with E-state index in [4.69, 9.17) is 0 Å². The summed E-state index contributed by atoms with van der Waals surface area (Å²) in [6.45, 7) is 4.08. The Balaban J connectivity index is 2.03. The Bertz CT molecular complexity index is 604.